The van der Waals surface area contributed by atoms with E-state index in [1.54, 1.807) is 24.3 Å². The van der Waals surface area contributed by atoms with Gasteiger partial charge < -0.3 is 4.84 Å². The first-order valence-corrected chi connectivity index (χ1v) is 4.66. The highest BCUT2D eigenvalue weighted by molar-refractivity contribution is 6.30. The second-order valence-corrected chi connectivity index (χ2v) is 3.40. The van der Waals surface area contributed by atoms with E-state index in [-0.39, 0.29) is 12.2 Å². The largest absolute Gasteiger partial charge is 0.343 e. The van der Waals surface area contributed by atoms with Crippen LogP contribution >= 0.6 is 11.6 Å². The Morgan fingerprint density at radius 3 is 2.80 bits per heavy atom. The number of benzene rings is 1. The third-order valence-corrected chi connectivity index (χ3v) is 1.74. The van der Waals surface area contributed by atoms with Crippen LogP contribution in [0.25, 0.3) is 0 Å². The number of anilines is 1. The summed E-state index contributed by atoms with van der Waals surface area (Å²) in [4.78, 5) is 26.2. The number of carbonyl (C=O) groups is 2. The Balaban J connectivity index is 2.43. The van der Waals surface area contributed by atoms with Crippen LogP contribution in [0, 0.1) is 0 Å². The van der Waals surface area contributed by atoms with Gasteiger partial charge in [-0.3, -0.25) is 4.79 Å². The summed E-state index contributed by atoms with van der Waals surface area (Å²) in [5, 5.41) is 0.530. The molecule has 4 nitrogen and oxygen atoms in total. The third-order valence-electron chi connectivity index (χ3n) is 1.50. The first-order valence-electron chi connectivity index (χ1n) is 4.28. The number of rotatable bonds is 4. The topological polar surface area (TPSA) is 55.4 Å². The van der Waals surface area contributed by atoms with Gasteiger partial charge in [0.2, 0.25) is 0 Å². The summed E-state index contributed by atoms with van der Waals surface area (Å²) in [6, 6.07) is 6.70. The van der Waals surface area contributed by atoms with Crippen molar-refractivity contribution < 1.29 is 14.4 Å². The number of hydrogen-bond acceptors (Lipinski definition) is 4. The van der Waals surface area contributed by atoms with Crippen LogP contribution < -0.4 is 5.48 Å². The maximum Gasteiger partial charge on any atom is 0.339 e. The minimum Gasteiger partial charge on any atom is -0.343 e. The molecule has 0 atom stereocenters. The molecule has 0 aliphatic rings. The lowest BCUT2D eigenvalue weighted by Gasteiger charge is -2.05. The molecule has 0 heterocycles. The van der Waals surface area contributed by atoms with Crippen molar-refractivity contribution in [2.45, 2.75) is 13.3 Å². The van der Waals surface area contributed by atoms with Gasteiger partial charge in [-0.05, 0) is 25.1 Å². The highest BCUT2D eigenvalue weighted by Crippen LogP contribution is 2.14. The van der Waals surface area contributed by atoms with Gasteiger partial charge in [0.05, 0.1) is 5.69 Å². The molecule has 0 saturated carbocycles. The molecule has 1 aromatic carbocycles. The molecule has 80 valence electrons. The van der Waals surface area contributed by atoms with Crippen molar-refractivity contribution in [1.82, 2.24) is 0 Å². The van der Waals surface area contributed by atoms with Crippen molar-refractivity contribution in [3.05, 3.63) is 29.3 Å². The summed E-state index contributed by atoms with van der Waals surface area (Å²) in [5.74, 6) is -0.865. The zero-order valence-electron chi connectivity index (χ0n) is 8.12. The van der Waals surface area contributed by atoms with Gasteiger partial charge in [0.15, 0.2) is 0 Å². The molecular formula is C10H10ClNO3. The Kier molecular flexibility index (Phi) is 4.12. The molecule has 15 heavy (non-hydrogen) atoms. The van der Waals surface area contributed by atoms with E-state index in [1.807, 2.05) is 0 Å². The van der Waals surface area contributed by atoms with Crippen molar-refractivity contribution in [2.24, 2.45) is 0 Å². The van der Waals surface area contributed by atoms with Crippen LogP contribution in [0.15, 0.2) is 24.3 Å². The molecule has 5 heteroatoms. The zero-order chi connectivity index (χ0) is 11.3. The summed E-state index contributed by atoms with van der Waals surface area (Å²) in [7, 11) is 0. The van der Waals surface area contributed by atoms with E-state index >= 15 is 0 Å². The number of Topliss-reactive ketones (excluding diaryl/α,β-unsaturated/α-hetero) is 1. The van der Waals surface area contributed by atoms with E-state index in [0.29, 0.717) is 10.7 Å². The lowest BCUT2D eigenvalue weighted by atomic mass is 10.3. The number of carbonyl (C=O) groups excluding carboxylic acids is 2. The predicted octanol–water partition coefficient (Wildman–Crippen LogP) is 2.19. The van der Waals surface area contributed by atoms with Gasteiger partial charge in [0.1, 0.15) is 12.2 Å². The van der Waals surface area contributed by atoms with Gasteiger partial charge in [-0.1, -0.05) is 17.7 Å². The molecule has 0 saturated heterocycles. The Morgan fingerprint density at radius 1 is 1.47 bits per heavy atom. The van der Waals surface area contributed by atoms with Gasteiger partial charge in [-0.25, -0.2) is 10.3 Å². The van der Waals surface area contributed by atoms with Gasteiger partial charge in [0.25, 0.3) is 0 Å². The normalized spacial score (nSPS) is 9.47. The van der Waals surface area contributed by atoms with E-state index in [2.05, 4.69) is 10.3 Å². The van der Waals surface area contributed by atoms with Crippen LogP contribution in [0.3, 0.4) is 0 Å². The van der Waals surface area contributed by atoms with Crippen LogP contribution in [0.1, 0.15) is 13.3 Å². The fraction of sp³-hybridized carbons (Fsp3) is 0.200. The minimum absolute atomic E-state index is 0.242. The number of hydrogen-bond donors (Lipinski definition) is 1. The van der Waals surface area contributed by atoms with Gasteiger partial charge >= 0.3 is 5.97 Å². The summed E-state index contributed by atoms with van der Waals surface area (Å²) in [6.07, 6.45) is -0.242. The van der Waals surface area contributed by atoms with Crippen molar-refractivity contribution in [2.75, 3.05) is 5.48 Å². The van der Waals surface area contributed by atoms with Crippen LogP contribution in [-0.4, -0.2) is 11.8 Å². The van der Waals surface area contributed by atoms with Gasteiger partial charge in [-0.2, -0.15) is 0 Å². The Hall–Kier alpha value is -1.55. The molecule has 1 N–H and O–H groups in total. The fourth-order valence-electron chi connectivity index (χ4n) is 0.907. The first kappa shape index (κ1) is 11.5. The zero-order valence-corrected chi connectivity index (χ0v) is 8.88. The standard InChI is InChI=1S/C10H10ClNO3/c1-7(13)5-10(14)15-12-9-4-2-3-8(11)6-9/h2-4,6,12H,5H2,1H3. The second-order valence-electron chi connectivity index (χ2n) is 2.97. The molecule has 0 fully saturated rings. The molecule has 0 aliphatic carbocycles. The maximum absolute atomic E-state index is 11.0. The van der Waals surface area contributed by atoms with Crippen molar-refractivity contribution in [3.63, 3.8) is 0 Å². The lowest BCUT2D eigenvalue weighted by molar-refractivity contribution is -0.143. The van der Waals surface area contributed by atoms with Crippen LogP contribution in [0.4, 0.5) is 5.69 Å². The van der Waals surface area contributed by atoms with Crippen LogP contribution in [-0.2, 0) is 14.4 Å². The molecule has 0 aliphatic heterocycles. The SMILES string of the molecule is CC(=O)CC(=O)ONc1cccc(Cl)c1. The second kappa shape index (κ2) is 5.36. The van der Waals surface area contributed by atoms with Crippen molar-refractivity contribution in [3.8, 4) is 0 Å². The van der Waals surface area contributed by atoms with E-state index in [0.717, 1.165) is 0 Å². The van der Waals surface area contributed by atoms with Crippen LogP contribution in [0.2, 0.25) is 5.02 Å². The Bertz CT molecular complexity index is 379. The molecule has 0 amide bonds. The third kappa shape index (κ3) is 4.46. The first-order chi connectivity index (χ1) is 7.08. The van der Waals surface area contributed by atoms with Crippen LogP contribution in [0.5, 0.6) is 0 Å². The quantitative estimate of drug-likeness (QED) is 0.633. The number of ketones is 1. The molecule has 0 bridgehead atoms. The van der Waals surface area contributed by atoms with E-state index in [9.17, 15) is 9.59 Å². The molecule has 1 rings (SSSR count). The summed E-state index contributed by atoms with van der Waals surface area (Å²) >= 11 is 5.71. The summed E-state index contributed by atoms with van der Waals surface area (Å²) < 4.78 is 0. The van der Waals surface area contributed by atoms with E-state index < -0.39 is 5.97 Å². The summed E-state index contributed by atoms with van der Waals surface area (Å²) in [5.41, 5.74) is 2.96. The molecule has 0 radical (unpaired) electrons. The average molecular weight is 228 g/mol. The number of halogens is 1. The molecule has 0 unspecified atom stereocenters. The van der Waals surface area contributed by atoms with E-state index in [4.69, 9.17) is 11.6 Å². The lowest BCUT2D eigenvalue weighted by Crippen LogP contribution is -2.13. The maximum atomic E-state index is 11.0. The number of nitrogens with one attached hydrogen (secondary N) is 1. The highest BCUT2D eigenvalue weighted by Gasteiger charge is 2.06. The molecule has 0 spiro atoms. The van der Waals surface area contributed by atoms with Gasteiger partial charge in [-0.15, -0.1) is 0 Å². The van der Waals surface area contributed by atoms with Crippen molar-refractivity contribution >= 4 is 29.0 Å². The Labute approximate surface area is 92.1 Å². The fourth-order valence-corrected chi connectivity index (χ4v) is 1.10. The monoisotopic (exact) mass is 227 g/mol. The van der Waals surface area contributed by atoms with Gasteiger partial charge in [0, 0.05) is 5.02 Å². The van der Waals surface area contributed by atoms with Crippen molar-refractivity contribution in [1.29, 1.82) is 0 Å². The molecule has 1 aromatic rings. The predicted molar refractivity (Wildman–Crippen MR) is 56.5 cm³/mol. The highest BCUT2D eigenvalue weighted by atomic mass is 35.5. The average Bonchev–Trinajstić information content (AvgIpc) is 2.14. The van der Waals surface area contributed by atoms with E-state index in [1.165, 1.54) is 6.92 Å². The minimum atomic E-state index is -0.623. The smallest absolute Gasteiger partial charge is 0.339 e. The molecular weight excluding hydrogens is 218 g/mol. The molecule has 0 aromatic heterocycles. The Morgan fingerprint density at radius 2 is 2.20 bits per heavy atom. The summed E-state index contributed by atoms with van der Waals surface area (Å²) in [6.45, 7) is 1.32.